The van der Waals surface area contributed by atoms with Crippen LogP contribution in [0.1, 0.15) is 37.1 Å². The fourth-order valence-corrected chi connectivity index (χ4v) is 2.14. The Kier molecular flexibility index (Phi) is 6.71. The Morgan fingerprint density at radius 1 is 1.43 bits per heavy atom. The Bertz CT molecular complexity index is 489. The fraction of sp³-hybridized carbons (Fsp3) is 0.667. The molecule has 6 heteroatoms. The van der Waals surface area contributed by atoms with Crippen LogP contribution in [0.4, 0.5) is 5.69 Å². The molecule has 0 atom stereocenters. The lowest BCUT2D eigenvalue weighted by molar-refractivity contribution is -0.386. The molecular formula is C15H26N4O2. The number of nitro groups is 1. The number of rotatable bonds is 8. The molecule has 1 rings (SSSR count). The summed E-state index contributed by atoms with van der Waals surface area (Å²) >= 11 is 0. The van der Waals surface area contributed by atoms with E-state index in [1.807, 2.05) is 0 Å². The van der Waals surface area contributed by atoms with Crippen molar-refractivity contribution in [1.82, 2.24) is 15.2 Å². The van der Waals surface area contributed by atoms with Crippen LogP contribution in [0, 0.1) is 24.0 Å². The molecule has 0 aromatic carbocycles. The molecule has 0 saturated heterocycles. The molecule has 0 radical (unpaired) electrons. The standard InChI is InChI=1S/C15H26N4O2/c1-11(2)18(5)8-6-7-16-10-14-13(4)15(19(20)21)12(3)9-17-14/h9,11,16H,6-8,10H2,1-5H3. The molecule has 1 heterocycles. The SMILES string of the molecule is Cc1cnc(CNCCCN(C)C(C)C)c(C)c1[N+](=O)[O-]. The van der Waals surface area contributed by atoms with E-state index in [0.717, 1.165) is 25.2 Å². The van der Waals surface area contributed by atoms with Crippen molar-refractivity contribution >= 4 is 5.69 Å². The molecule has 0 amide bonds. The fourth-order valence-electron chi connectivity index (χ4n) is 2.14. The molecule has 0 saturated carbocycles. The van der Waals surface area contributed by atoms with Gasteiger partial charge in [-0.1, -0.05) is 0 Å². The lowest BCUT2D eigenvalue weighted by Crippen LogP contribution is -2.29. The highest BCUT2D eigenvalue weighted by atomic mass is 16.6. The average molecular weight is 294 g/mol. The van der Waals surface area contributed by atoms with Gasteiger partial charge in [0, 0.05) is 29.9 Å². The summed E-state index contributed by atoms with van der Waals surface area (Å²) in [7, 11) is 2.11. The third-order valence-electron chi connectivity index (χ3n) is 3.80. The third-order valence-corrected chi connectivity index (χ3v) is 3.80. The molecule has 6 nitrogen and oxygen atoms in total. The largest absolute Gasteiger partial charge is 0.311 e. The quantitative estimate of drug-likeness (QED) is 0.453. The lowest BCUT2D eigenvalue weighted by Gasteiger charge is -2.20. The summed E-state index contributed by atoms with van der Waals surface area (Å²) in [6.45, 7) is 10.3. The maximum absolute atomic E-state index is 11.1. The summed E-state index contributed by atoms with van der Waals surface area (Å²) in [5.74, 6) is 0. The van der Waals surface area contributed by atoms with E-state index in [1.54, 1.807) is 20.0 Å². The van der Waals surface area contributed by atoms with E-state index in [1.165, 1.54) is 0 Å². The maximum atomic E-state index is 11.1. The van der Waals surface area contributed by atoms with E-state index < -0.39 is 0 Å². The van der Waals surface area contributed by atoms with Crippen molar-refractivity contribution in [3.63, 3.8) is 0 Å². The molecule has 0 spiro atoms. The molecular weight excluding hydrogens is 268 g/mol. The number of hydrogen-bond acceptors (Lipinski definition) is 5. The molecule has 1 aromatic rings. The molecule has 0 aliphatic carbocycles. The minimum atomic E-state index is -0.326. The van der Waals surface area contributed by atoms with Crippen molar-refractivity contribution in [1.29, 1.82) is 0 Å². The van der Waals surface area contributed by atoms with Gasteiger partial charge < -0.3 is 10.2 Å². The second-order valence-corrected chi connectivity index (χ2v) is 5.72. The first-order valence-corrected chi connectivity index (χ1v) is 7.35. The van der Waals surface area contributed by atoms with Gasteiger partial charge in [-0.3, -0.25) is 15.1 Å². The zero-order chi connectivity index (χ0) is 16.0. The highest BCUT2D eigenvalue weighted by molar-refractivity contribution is 5.47. The van der Waals surface area contributed by atoms with E-state index >= 15 is 0 Å². The normalized spacial score (nSPS) is 11.4. The van der Waals surface area contributed by atoms with Crippen LogP contribution in [0.2, 0.25) is 0 Å². The van der Waals surface area contributed by atoms with Gasteiger partial charge in [0.25, 0.3) is 5.69 Å². The first kappa shape index (κ1) is 17.5. The minimum Gasteiger partial charge on any atom is -0.311 e. The van der Waals surface area contributed by atoms with Crippen LogP contribution in [-0.4, -0.2) is 41.0 Å². The van der Waals surface area contributed by atoms with Crippen LogP contribution < -0.4 is 5.32 Å². The number of aryl methyl sites for hydroxylation is 1. The van der Waals surface area contributed by atoms with Crippen molar-refractivity contribution in [2.75, 3.05) is 20.1 Å². The van der Waals surface area contributed by atoms with Crippen molar-refractivity contribution in [2.24, 2.45) is 0 Å². The smallest absolute Gasteiger partial charge is 0.278 e. The van der Waals surface area contributed by atoms with E-state index in [4.69, 9.17) is 0 Å². The monoisotopic (exact) mass is 294 g/mol. The summed E-state index contributed by atoms with van der Waals surface area (Å²) in [5, 5.41) is 14.4. The maximum Gasteiger partial charge on any atom is 0.278 e. The van der Waals surface area contributed by atoms with Crippen LogP contribution in [-0.2, 0) is 6.54 Å². The van der Waals surface area contributed by atoms with Gasteiger partial charge >= 0.3 is 0 Å². The molecule has 0 unspecified atom stereocenters. The van der Waals surface area contributed by atoms with Gasteiger partial charge in [0.2, 0.25) is 0 Å². The molecule has 1 N–H and O–H groups in total. The second-order valence-electron chi connectivity index (χ2n) is 5.72. The Labute approximate surface area is 126 Å². The molecule has 21 heavy (non-hydrogen) atoms. The van der Waals surface area contributed by atoms with Gasteiger partial charge in [-0.25, -0.2) is 0 Å². The second kappa shape index (κ2) is 8.05. The number of pyridine rings is 1. The first-order valence-electron chi connectivity index (χ1n) is 7.35. The summed E-state index contributed by atoms with van der Waals surface area (Å²) in [4.78, 5) is 17.3. The van der Waals surface area contributed by atoms with Gasteiger partial charge in [0.15, 0.2) is 0 Å². The molecule has 0 bridgehead atoms. The van der Waals surface area contributed by atoms with E-state index in [-0.39, 0.29) is 10.6 Å². The van der Waals surface area contributed by atoms with Crippen LogP contribution in [0.3, 0.4) is 0 Å². The molecule has 118 valence electrons. The number of hydrogen-bond donors (Lipinski definition) is 1. The summed E-state index contributed by atoms with van der Waals surface area (Å²) in [5.41, 5.74) is 2.21. The van der Waals surface area contributed by atoms with Crippen LogP contribution in [0.25, 0.3) is 0 Å². The predicted molar refractivity (Wildman–Crippen MR) is 84.5 cm³/mol. The van der Waals surface area contributed by atoms with Crippen molar-refractivity contribution in [3.8, 4) is 0 Å². The molecule has 1 aromatic heterocycles. The summed E-state index contributed by atoms with van der Waals surface area (Å²) in [6, 6.07) is 0.550. The minimum absolute atomic E-state index is 0.182. The Hall–Kier alpha value is -1.53. The molecule has 0 fully saturated rings. The summed E-state index contributed by atoms with van der Waals surface area (Å²) < 4.78 is 0. The van der Waals surface area contributed by atoms with E-state index in [0.29, 0.717) is 23.7 Å². The predicted octanol–water partition coefficient (Wildman–Crippen LogP) is 2.43. The van der Waals surface area contributed by atoms with Crippen LogP contribution >= 0.6 is 0 Å². The average Bonchev–Trinajstić information content (AvgIpc) is 2.39. The van der Waals surface area contributed by atoms with Gasteiger partial charge in [0.1, 0.15) is 0 Å². The highest BCUT2D eigenvalue weighted by Crippen LogP contribution is 2.23. The number of aromatic nitrogens is 1. The van der Waals surface area contributed by atoms with Crippen molar-refractivity contribution in [3.05, 3.63) is 33.1 Å². The summed E-state index contributed by atoms with van der Waals surface area (Å²) in [6.07, 6.45) is 2.62. The Morgan fingerprint density at radius 3 is 2.67 bits per heavy atom. The Balaban J connectivity index is 2.50. The Morgan fingerprint density at radius 2 is 2.10 bits per heavy atom. The number of nitrogens with zero attached hydrogens (tertiary/aromatic N) is 3. The van der Waals surface area contributed by atoms with Crippen LogP contribution in [0.5, 0.6) is 0 Å². The van der Waals surface area contributed by atoms with Crippen LogP contribution in [0.15, 0.2) is 6.20 Å². The van der Waals surface area contributed by atoms with Gasteiger partial charge in [-0.15, -0.1) is 0 Å². The van der Waals surface area contributed by atoms with Gasteiger partial charge in [-0.05, 0) is 54.3 Å². The third kappa shape index (κ3) is 5.06. The van der Waals surface area contributed by atoms with Crippen molar-refractivity contribution in [2.45, 2.75) is 46.7 Å². The molecule has 0 aliphatic heterocycles. The zero-order valence-electron chi connectivity index (χ0n) is 13.6. The van der Waals surface area contributed by atoms with Gasteiger partial charge in [0.05, 0.1) is 10.6 Å². The van der Waals surface area contributed by atoms with Crippen molar-refractivity contribution < 1.29 is 4.92 Å². The highest BCUT2D eigenvalue weighted by Gasteiger charge is 2.18. The topological polar surface area (TPSA) is 71.3 Å². The zero-order valence-corrected chi connectivity index (χ0v) is 13.6. The lowest BCUT2D eigenvalue weighted by atomic mass is 10.1. The first-order chi connectivity index (χ1) is 9.84. The van der Waals surface area contributed by atoms with E-state index in [2.05, 4.69) is 36.1 Å². The van der Waals surface area contributed by atoms with E-state index in [9.17, 15) is 10.1 Å². The molecule has 0 aliphatic rings. The van der Waals surface area contributed by atoms with Gasteiger partial charge in [-0.2, -0.15) is 0 Å². The number of nitrogens with one attached hydrogen (secondary N) is 1.